The van der Waals surface area contributed by atoms with Crippen LogP contribution in [-0.4, -0.2) is 132 Å². The number of aryl methyl sites for hydroxylation is 2. The van der Waals surface area contributed by atoms with Gasteiger partial charge < -0.3 is 69.4 Å². The van der Waals surface area contributed by atoms with Gasteiger partial charge in [-0.05, 0) is 108 Å². The number of nitrogens with two attached hydrogens (primary N) is 6. The van der Waals surface area contributed by atoms with Gasteiger partial charge in [0.05, 0.1) is 41.7 Å². The highest BCUT2D eigenvalue weighted by atomic mass is 31.2. The van der Waals surface area contributed by atoms with Crippen molar-refractivity contribution >= 4 is 77.3 Å². The van der Waals surface area contributed by atoms with Crippen LogP contribution in [-0.2, 0) is 51.9 Å². The summed E-state index contributed by atoms with van der Waals surface area (Å²) >= 11 is 0. The molecular weight excluding hydrogens is 1180 g/mol. The van der Waals surface area contributed by atoms with Crippen LogP contribution in [0.15, 0.2) is 67.8 Å². The summed E-state index contributed by atoms with van der Waals surface area (Å²) < 4.78 is 32.3. The standard InChI is InChI=1S/C62H90N13O14P/c1-29-20-39-40(21-30(29)2)75(28-70-39)57-52(84)53(41(27-76)87-57)89-90(85,86)88-31(3)26-69-49(83)18-19-59(8)37(22-46(66)80)56-62(11)61(10,25-48(68)82)36(14-17-45(65)79)51(74-62)33(5)55-60(9,24-47(67)81)34(12-15-43(63)77)38(71-55)23-42-58(6,7)35(13-16-44(64)78)50(72-42)32(4)54(59)73-56/h20-21,23,28,31,34-37,41,52-53,56-57,71,76,84H,12-19,22,24-27H2,1-11H3,(H2,63,77)(H2,64,78)(H2,65,79)(H2,66,80)(H2,67,81)(H2,68,82)(H,69,83)(H,85,86)/b38-23-,50-32?,55-33?/t31-,34-,35-,36-,37+,41-,52-,53-,56-,57+,59-,60+,61+,62+/m0/s1. The van der Waals surface area contributed by atoms with E-state index >= 15 is 0 Å². The monoisotopic (exact) mass is 1270 g/mol. The van der Waals surface area contributed by atoms with Gasteiger partial charge >= 0.3 is 7.82 Å². The van der Waals surface area contributed by atoms with Crippen molar-refractivity contribution < 1.29 is 67.0 Å². The number of hydrogen-bond acceptors (Lipinski definition) is 18. The Hall–Kier alpha value is -7.00. The fourth-order valence-electron chi connectivity index (χ4n) is 15.4. The van der Waals surface area contributed by atoms with E-state index in [1.165, 1.54) is 13.3 Å². The number of aliphatic hydroxyl groups is 2. The number of fused-ring (bicyclic) bond motifs is 7. The zero-order valence-corrected chi connectivity index (χ0v) is 54.1. The molecule has 492 valence electrons. The number of benzene rings is 1. The van der Waals surface area contributed by atoms with Gasteiger partial charge in [-0.25, -0.2) is 9.55 Å². The second kappa shape index (κ2) is 25.6. The lowest BCUT2D eigenvalue weighted by Crippen LogP contribution is -2.56. The number of phosphoric ester groups is 1. The average molecular weight is 1270 g/mol. The van der Waals surface area contributed by atoms with Crippen molar-refractivity contribution in [2.24, 2.45) is 94.7 Å². The Morgan fingerprint density at radius 2 is 1.40 bits per heavy atom. The third-order valence-electron chi connectivity index (χ3n) is 20.6. The molecule has 8 bridgehead atoms. The lowest BCUT2D eigenvalue weighted by atomic mass is 9.55. The minimum absolute atomic E-state index is 0.0114. The molecule has 0 saturated carbocycles. The van der Waals surface area contributed by atoms with Gasteiger partial charge in [-0.3, -0.25) is 57.6 Å². The highest BCUT2D eigenvalue weighted by Gasteiger charge is 2.66. The molecule has 17 N–H and O–H groups in total. The van der Waals surface area contributed by atoms with Gasteiger partial charge in [0, 0.05) is 131 Å². The highest BCUT2D eigenvalue weighted by Crippen LogP contribution is 2.63. The summed E-state index contributed by atoms with van der Waals surface area (Å²) in [6, 6.07) is 2.70. The number of rotatable bonds is 26. The zero-order valence-electron chi connectivity index (χ0n) is 53.3. The second-order valence-corrected chi connectivity index (χ2v) is 28.4. The normalized spacial score (nSPS) is 32.6. The van der Waals surface area contributed by atoms with Crippen molar-refractivity contribution in [2.75, 3.05) is 13.2 Å². The number of carbonyl (C=O) groups excluding carboxylic acids is 7. The highest BCUT2D eigenvalue weighted by molar-refractivity contribution is 7.47. The summed E-state index contributed by atoms with van der Waals surface area (Å²) in [5.74, 6) is -7.18. The van der Waals surface area contributed by atoms with E-state index in [0.29, 0.717) is 56.4 Å². The first-order valence-electron chi connectivity index (χ1n) is 30.6. The van der Waals surface area contributed by atoms with Crippen LogP contribution in [0.25, 0.3) is 11.0 Å². The Bertz CT molecular complexity index is 3540. The van der Waals surface area contributed by atoms with Crippen molar-refractivity contribution in [3.05, 3.63) is 63.9 Å². The maximum absolute atomic E-state index is 14.4. The Kier molecular flexibility index (Phi) is 19.6. The average Bonchev–Trinajstić information content (AvgIpc) is 1.53. The minimum Gasteiger partial charge on any atom is -0.394 e. The van der Waals surface area contributed by atoms with Gasteiger partial charge in [-0.1, -0.05) is 34.6 Å². The van der Waals surface area contributed by atoms with Crippen LogP contribution in [0, 0.1) is 59.2 Å². The third-order valence-corrected chi connectivity index (χ3v) is 21.7. The molecule has 0 radical (unpaired) electrons. The Morgan fingerprint density at radius 3 is 1.99 bits per heavy atom. The minimum atomic E-state index is -5.07. The molecule has 2 fully saturated rings. The molecule has 15 atom stereocenters. The number of aliphatic imine (C=N–C) groups is 3. The number of hydrogen-bond donors (Lipinski definition) is 11. The predicted molar refractivity (Wildman–Crippen MR) is 334 cm³/mol. The van der Waals surface area contributed by atoms with E-state index in [1.54, 1.807) is 4.57 Å². The van der Waals surface area contributed by atoms with Gasteiger partial charge in [0.25, 0.3) is 0 Å². The molecule has 2 saturated heterocycles. The fourth-order valence-corrected chi connectivity index (χ4v) is 16.6. The molecule has 6 aliphatic heterocycles. The molecule has 27 nitrogen and oxygen atoms in total. The molecule has 8 rings (SSSR count). The SMILES string of the molecule is CC1=C2N=C(/C=C3\NC(=C(C)C4=N[C@](C)([C@H]5N=C1[C@@](C)(CCC(=O)NC[C@H](C)OP(=O)(O)O[C@@H]1[C@H](O)[C@H](n6cnc7cc(C)c(C)cc76)O[C@H]1CO)[C@@H]5CC(N)=O)[C@](C)(CC(N)=O)[C@H]4CCC(N)=O)[C@](C)(CC(N)=O)[C@H]3CCC(N)=O)C(C)(C)[C@H]2CCC(N)=O. The van der Waals surface area contributed by atoms with Gasteiger partial charge in [0.2, 0.25) is 41.4 Å². The Morgan fingerprint density at radius 1 is 0.800 bits per heavy atom. The molecule has 90 heavy (non-hydrogen) atoms. The van der Waals surface area contributed by atoms with Crippen molar-refractivity contribution in [2.45, 2.75) is 189 Å². The van der Waals surface area contributed by atoms with E-state index in [1.807, 2.05) is 87.4 Å². The van der Waals surface area contributed by atoms with Crippen LogP contribution in [0.5, 0.6) is 0 Å². The Balaban J connectivity index is 1.19. The number of primary amides is 6. The van der Waals surface area contributed by atoms with Crippen LogP contribution in [0.1, 0.15) is 150 Å². The summed E-state index contributed by atoms with van der Waals surface area (Å²) in [5.41, 5.74) is 37.4. The number of ether oxygens (including phenoxy) is 1. The molecule has 0 aliphatic carbocycles. The molecule has 6 aliphatic rings. The molecule has 1 aromatic carbocycles. The predicted octanol–water partition coefficient (Wildman–Crippen LogP) is 3.16. The van der Waals surface area contributed by atoms with E-state index in [0.717, 1.165) is 11.1 Å². The maximum atomic E-state index is 14.4. The largest absolute Gasteiger partial charge is 0.472 e. The van der Waals surface area contributed by atoms with Crippen LogP contribution >= 0.6 is 7.82 Å². The van der Waals surface area contributed by atoms with E-state index in [-0.39, 0.29) is 77.2 Å². The lowest BCUT2D eigenvalue weighted by molar-refractivity contribution is -0.124. The molecule has 2 aromatic rings. The summed E-state index contributed by atoms with van der Waals surface area (Å²) in [5, 5.41) is 28.2. The van der Waals surface area contributed by atoms with E-state index in [9.17, 15) is 53.2 Å². The number of imidazole rings is 1. The van der Waals surface area contributed by atoms with Gasteiger partial charge in [-0.2, -0.15) is 0 Å². The van der Waals surface area contributed by atoms with Gasteiger partial charge in [0.15, 0.2) is 6.23 Å². The maximum Gasteiger partial charge on any atom is 0.472 e. The van der Waals surface area contributed by atoms with Crippen LogP contribution in [0.2, 0.25) is 0 Å². The summed E-state index contributed by atoms with van der Waals surface area (Å²) in [7, 11) is -5.07. The fraction of sp³-hybridized carbons (Fsp3) is 0.629. The van der Waals surface area contributed by atoms with Crippen LogP contribution in [0.4, 0.5) is 0 Å². The molecule has 1 unspecified atom stereocenters. The van der Waals surface area contributed by atoms with Gasteiger partial charge in [-0.15, -0.1) is 0 Å². The van der Waals surface area contributed by atoms with Crippen molar-refractivity contribution in [1.29, 1.82) is 0 Å². The first-order valence-corrected chi connectivity index (χ1v) is 32.1. The number of amides is 7. The number of allylic oxidation sites excluding steroid dienone is 6. The summed E-state index contributed by atoms with van der Waals surface area (Å²) in [6.45, 7) is 19.3. The number of nitrogens with zero attached hydrogens (tertiary/aromatic N) is 5. The molecular formula is C62H90N13O14P. The van der Waals surface area contributed by atoms with E-state index in [2.05, 4.69) is 15.6 Å². The van der Waals surface area contributed by atoms with Crippen molar-refractivity contribution in [3.63, 3.8) is 0 Å². The smallest absolute Gasteiger partial charge is 0.394 e. The molecule has 7 heterocycles. The molecule has 28 heteroatoms. The van der Waals surface area contributed by atoms with Crippen molar-refractivity contribution in [3.8, 4) is 0 Å². The first-order chi connectivity index (χ1) is 41.8. The van der Waals surface area contributed by atoms with Crippen molar-refractivity contribution in [1.82, 2.24) is 20.2 Å². The third kappa shape index (κ3) is 13.0. The number of carbonyl (C=O) groups is 7. The first kappa shape index (κ1) is 68.9. The second-order valence-electron chi connectivity index (χ2n) is 27.1. The number of aliphatic hydroxyl groups excluding tert-OH is 2. The molecule has 7 amide bonds. The van der Waals surface area contributed by atoms with Gasteiger partial charge in [0.1, 0.15) is 18.3 Å². The topological polar surface area (TPSA) is 460 Å². The quantitative estimate of drug-likeness (QED) is 0.0603. The van der Waals surface area contributed by atoms with E-state index in [4.69, 9.17) is 63.2 Å². The van der Waals surface area contributed by atoms with Crippen LogP contribution < -0.4 is 45.0 Å². The number of nitrogens with one attached hydrogen (secondary N) is 2. The Labute approximate surface area is 523 Å². The zero-order chi connectivity index (χ0) is 66.7. The van der Waals surface area contributed by atoms with Crippen LogP contribution in [0.3, 0.4) is 0 Å². The summed E-state index contributed by atoms with van der Waals surface area (Å²) in [4.78, 5) is 126. The number of aromatic nitrogens is 2. The molecule has 1 aromatic heterocycles. The number of phosphoric acid groups is 1. The summed E-state index contributed by atoms with van der Waals surface area (Å²) in [6.07, 6.45) is -4.26. The lowest BCUT2D eigenvalue weighted by Gasteiger charge is -2.48. The van der Waals surface area contributed by atoms with E-state index < -0.39 is 143 Å². The molecule has 0 spiro atoms.